The summed E-state index contributed by atoms with van der Waals surface area (Å²) >= 11 is 3.48. The first-order chi connectivity index (χ1) is 12.6. The lowest BCUT2D eigenvalue weighted by atomic mass is 10.2. The number of hydrogen-bond donors (Lipinski definition) is 1. The van der Waals surface area contributed by atoms with Gasteiger partial charge in [0, 0.05) is 28.3 Å². The van der Waals surface area contributed by atoms with Crippen molar-refractivity contribution in [2.45, 2.75) is 6.92 Å². The Hall–Kier alpha value is -2.92. The Balaban J connectivity index is 1.89. The third-order valence-electron chi connectivity index (χ3n) is 4.11. The molecule has 0 fully saturated rings. The molecule has 0 aliphatic heterocycles. The zero-order chi connectivity index (χ0) is 18.1. The summed E-state index contributed by atoms with van der Waals surface area (Å²) in [6.07, 6.45) is 0. The van der Waals surface area contributed by atoms with E-state index in [1.807, 2.05) is 66.7 Å². The van der Waals surface area contributed by atoms with Crippen LogP contribution in [0, 0.1) is 0 Å². The van der Waals surface area contributed by atoms with Crippen molar-refractivity contribution in [1.29, 1.82) is 0 Å². The van der Waals surface area contributed by atoms with Crippen LogP contribution in [0.25, 0.3) is 28.1 Å². The fraction of sp³-hybridized carbons (Fsp3) is 0.0476. The number of fused-ring (bicyclic) bond motifs is 1. The summed E-state index contributed by atoms with van der Waals surface area (Å²) in [5, 5.41) is 2.80. The average molecular weight is 406 g/mol. The number of carbonyl (C=O) groups is 1. The Bertz CT molecular complexity index is 1080. The molecule has 0 saturated carbocycles. The van der Waals surface area contributed by atoms with Gasteiger partial charge in [0.05, 0.1) is 11.0 Å². The molecule has 0 radical (unpaired) electrons. The molecule has 26 heavy (non-hydrogen) atoms. The minimum Gasteiger partial charge on any atom is -0.326 e. The molecule has 0 atom stereocenters. The molecule has 1 N–H and O–H groups in total. The molecule has 0 unspecified atom stereocenters. The highest BCUT2D eigenvalue weighted by Crippen LogP contribution is 2.29. The Labute approximate surface area is 159 Å². The molecular formula is C21H16BrN3O. The smallest absolute Gasteiger partial charge is 0.221 e. The number of nitrogens with zero attached hydrogens (tertiary/aromatic N) is 2. The van der Waals surface area contributed by atoms with Crippen molar-refractivity contribution in [2.24, 2.45) is 0 Å². The van der Waals surface area contributed by atoms with Gasteiger partial charge in [0.15, 0.2) is 0 Å². The van der Waals surface area contributed by atoms with E-state index in [9.17, 15) is 4.79 Å². The maximum Gasteiger partial charge on any atom is 0.221 e. The van der Waals surface area contributed by atoms with Crippen molar-refractivity contribution >= 4 is 38.6 Å². The molecule has 0 aliphatic rings. The highest BCUT2D eigenvalue weighted by atomic mass is 79.9. The van der Waals surface area contributed by atoms with Crippen LogP contribution >= 0.6 is 15.9 Å². The number of nitrogens with one attached hydrogen (secondary N) is 1. The largest absolute Gasteiger partial charge is 0.326 e. The molecule has 0 spiro atoms. The molecule has 3 aromatic carbocycles. The van der Waals surface area contributed by atoms with Crippen LogP contribution in [0.1, 0.15) is 6.92 Å². The van der Waals surface area contributed by atoms with E-state index in [0.29, 0.717) is 0 Å². The molecule has 4 aromatic rings. The number of hydrogen-bond acceptors (Lipinski definition) is 2. The van der Waals surface area contributed by atoms with E-state index in [4.69, 9.17) is 4.98 Å². The molecule has 1 heterocycles. The summed E-state index contributed by atoms with van der Waals surface area (Å²) in [5.74, 6) is 0.798. The topological polar surface area (TPSA) is 46.9 Å². The molecule has 5 heteroatoms. The van der Waals surface area contributed by atoms with Gasteiger partial charge in [-0.15, -0.1) is 0 Å². The van der Waals surface area contributed by atoms with Gasteiger partial charge in [-0.05, 0) is 48.5 Å². The van der Waals surface area contributed by atoms with Gasteiger partial charge < -0.3 is 5.32 Å². The predicted molar refractivity (Wildman–Crippen MR) is 109 cm³/mol. The van der Waals surface area contributed by atoms with Gasteiger partial charge in [0.1, 0.15) is 5.82 Å². The van der Waals surface area contributed by atoms with Crippen LogP contribution in [0.15, 0.2) is 77.3 Å². The monoisotopic (exact) mass is 405 g/mol. The van der Waals surface area contributed by atoms with Gasteiger partial charge >= 0.3 is 0 Å². The minimum atomic E-state index is -0.0821. The second-order valence-corrected chi connectivity index (χ2v) is 6.91. The molecule has 0 saturated heterocycles. The van der Waals surface area contributed by atoms with Gasteiger partial charge in [0.2, 0.25) is 5.91 Å². The van der Waals surface area contributed by atoms with Crippen molar-refractivity contribution in [3.63, 3.8) is 0 Å². The highest BCUT2D eigenvalue weighted by molar-refractivity contribution is 9.10. The standard InChI is InChI=1S/C21H16BrN3O/c1-14(26)23-17-10-12-18(13-11-17)25-20-5-3-2-4-19(20)24-21(25)15-6-8-16(22)9-7-15/h2-13H,1H3,(H,23,26). The van der Waals surface area contributed by atoms with E-state index >= 15 is 0 Å². The van der Waals surface area contributed by atoms with Crippen LogP contribution in [-0.4, -0.2) is 15.5 Å². The molecule has 0 aliphatic carbocycles. The number of aromatic nitrogens is 2. The van der Waals surface area contributed by atoms with E-state index in [1.165, 1.54) is 6.92 Å². The van der Waals surface area contributed by atoms with Crippen LogP contribution in [0.3, 0.4) is 0 Å². The van der Waals surface area contributed by atoms with Gasteiger partial charge in [0.25, 0.3) is 0 Å². The zero-order valence-corrected chi connectivity index (χ0v) is 15.7. The first kappa shape index (κ1) is 16.5. The Morgan fingerprint density at radius 1 is 0.962 bits per heavy atom. The predicted octanol–water partition coefficient (Wildman–Crippen LogP) is 5.41. The summed E-state index contributed by atoms with van der Waals surface area (Å²) in [6, 6.07) is 24.0. The molecule has 4 nitrogen and oxygen atoms in total. The van der Waals surface area contributed by atoms with Crippen LogP contribution in [0.5, 0.6) is 0 Å². The fourth-order valence-electron chi connectivity index (χ4n) is 2.98. The number of imidazole rings is 1. The number of para-hydroxylation sites is 2. The van der Waals surface area contributed by atoms with E-state index in [-0.39, 0.29) is 5.91 Å². The van der Waals surface area contributed by atoms with Gasteiger partial charge in [-0.3, -0.25) is 9.36 Å². The third-order valence-corrected chi connectivity index (χ3v) is 4.64. The zero-order valence-electron chi connectivity index (χ0n) is 14.1. The second-order valence-electron chi connectivity index (χ2n) is 5.99. The highest BCUT2D eigenvalue weighted by Gasteiger charge is 2.14. The van der Waals surface area contributed by atoms with Crippen molar-refractivity contribution < 1.29 is 4.79 Å². The molecule has 1 amide bonds. The Morgan fingerprint density at radius 2 is 1.65 bits per heavy atom. The second kappa shape index (κ2) is 6.77. The number of rotatable bonds is 3. The fourth-order valence-corrected chi connectivity index (χ4v) is 3.24. The maximum atomic E-state index is 11.2. The number of carbonyl (C=O) groups excluding carboxylic acids is 1. The summed E-state index contributed by atoms with van der Waals surface area (Å²) in [5.41, 5.74) is 4.78. The molecule has 0 bridgehead atoms. The lowest BCUT2D eigenvalue weighted by molar-refractivity contribution is -0.114. The van der Waals surface area contributed by atoms with Gasteiger partial charge in [-0.2, -0.15) is 0 Å². The van der Waals surface area contributed by atoms with Crippen LogP contribution in [0.4, 0.5) is 5.69 Å². The third kappa shape index (κ3) is 3.13. The number of benzene rings is 3. The first-order valence-corrected chi connectivity index (χ1v) is 9.02. The first-order valence-electron chi connectivity index (χ1n) is 8.23. The van der Waals surface area contributed by atoms with Crippen molar-refractivity contribution in [3.05, 3.63) is 77.3 Å². The van der Waals surface area contributed by atoms with Crippen LogP contribution in [0.2, 0.25) is 0 Å². The lowest BCUT2D eigenvalue weighted by Gasteiger charge is -2.11. The maximum absolute atomic E-state index is 11.2. The number of halogens is 1. The SMILES string of the molecule is CC(=O)Nc1ccc(-n2c(-c3ccc(Br)cc3)nc3ccccc32)cc1. The molecule has 4 rings (SSSR count). The number of amides is 1. The Kier molecular flexibility index (Phi) is 4.31. The summed E-state index contributed by atoms with van der Waals surface area (Å²) in [4.78, 5) is 16.1. The summed E-state index contributed by atoms with van der Waals surface area (Å²) in [7, 11) is 0. The van der Waals surface area contributed by atoms with E-state index < -0.39 is 0 Å². The summed E-state index contributed by atoms with van der Waals surface area (Å²) in [6.45, 7) is 1.50. The van der Waals surface area contributed by atoms with E-state index in [2.05, 4.69) is 31.9 Å². The minimum absolute atomic E-state index is 0.0821. The van der Waals surface area contributed by atoms with Crippen LogP contribution < -0.4 is 5.32 Å². The van der Waals surface area contributed by atoms with Crippen molar-refractivity contribution in [2.75, 3.05) is 5.32 Å². The Morgan fingerprint density at radius 3 is 2.35 bits per heavy atom. The van der Waals surface area contributed by atoms with Crippen LogP contribution in [-0.2, 0) is 4.79 Å². The quantitative estimate of drug-likeness (QED) is 0.494. The number of anilines is 1. The lowest BCUT2D eigenvalue weighted by Crippen LogP contribution is -2.05. The van der Waals surface area contributed by atoms with E-state index in [1.54, 1.807) is 0 Å². The van der Waals surface area contributed by atoms with E-state index in [0.717, 1.165) is 38.3 Å². The average Bonchev–Trinajstić information content (AvgIpc) is 3.02. The normalized spacial score (nSPS) is 10.8. The molecular weight excluding hydrogens is 390 g/mol. The molecule has 1 aromatic heterocycles. The summed E-state index contributed by atoms with van der Waals surface area (Å²) < 4.78 is 3.17. The van der Waals surface area contributed by atoms with Gasteiger partial charge in [-0.25, -0.2) is 4.98 Å². The van der Waals surface area contributed by atoms with Gasteiger partial charge in [-0.1, -0.05) is 40.2 Å². The molecule has 128 valence electrons. The van der Waals surface area contributed by atoms with Crippen molar-refractivity contribution in [1.82, 2.24) is 9.55 Å². The van der Waals surface area contributed by atoms with Crippen molar-refractivity contribution in [3.8, 4) is 17.1 Å².